The smallest absolute Gasteiger partial charge is 0.211 e. The van der Waals surface area contributed by atoms with Gasteiger partial charge in [-0.1, -0.05) is 36.4 Å². The summed E-state index contributed by atoms with van der Waals surface area (Å²) in [4.78, 5) is 0. The summed E-state index contributed by atoms with van der Waals surface area (Å²) in [7, 11) is -4.94. The molecule has 0 N–H and O–H groups in total. The summed E-state index contributed by atoms with van der Waals surface area (Å²) in [6.07, 6.45) is 5.10. The standard InChI is InChI=1S/C17H18N.ClHO4/c1-3-9-15(10-4-1)18(17-13-7-8-14-17)16-11-5-2-6-12-16;2-1(3,4)5/h1-6,9-12H,7-8,13-14H2;(H,2,3,4,5)/q+1;/p-1. The van der Waals surface area contributed by atoms with Gasteiger partial charge in [0.25, 0.3) is 0 Å². The largest absolute Gasteiger partial charge is 0.222 e. The van der Waals surface area contributed by atoms with Crippen LogP contribution in [0.25, 0.3) is 0 Å². The number of benzene rings is 2. The van der Waals surface area contributed by atoms with Crippen molar-refractivity contribution in [3.8, 4) is 0 Å². The highest BCUT2D eigenvalue weighted by Crippen LogP contribution is 2.25. The maximum Gasteiger partial charge on any atom is 0.211 e. The molecule has 1 aliphatic carbocycles. The van der Waals surface area contributed by atoms with Gasteiger partial charge in [-0.25, -0.2) is 18.6 Å². The van der Waals surface area contributed by atoms with E-state index in [1.165, 1.54) is 37.1 Å². The molecule has 2 aromatic carbocycles. The van der Waals surface area contributed by atoms with Crippen LogP contribution >= 0.6 is 0 Å². The summed E-state index contributed by atoms with van der Waals surface area (Å²) in [5, 5.41) is 0. The Morgan fingerprint density at radius 3 is 1.35 bits per heavy atom. The lowest BCUT2D eigenvalue weighted by Crippen LogP contribution is -2.68. The maximum absolute atomic E-state index is 8.49. The van der Waals surface area contributed by atoms with Crippen molar-refractivity contribution in [3.05, 3.63) is 60.7 Å². The van der Waals surface area contributed by atoms with Crippen LogP contribution in [-0.2, 0) is 0 Å². The first-order valence-corrected chi connectivity index (χ1v) is 8.55. The minimum absolute atomic E-state index is 1.23. The van der Waals surface area contributed by atoms with Crippen molar-refractivity contribution in [2.24, 2.45) is 0 Å². The highest BCUT2D eigenvalue weighted by molar-refractivity contribution is 5.91. The van der Waals surface area contributed by atoms with Gasteiger partial charge in [-0.3, -0.25) is 0 Å². The summed E-state index contributed by atoms with van der Waals surface area (Å²) >= 11 is 0. The molecule has 122 valence electrons. The van der Waals surface area contributed by atoms with Crippen LogP contribution in [-0.4, -0.2) is 5.71 Å². The summed E-state index contributed by atoms with van der Waals surface area (Å²) in [5.41, 5.74) is 4.11. The monoisotopic (exact) mass is 335 g/mol. The van der Waals surface area contributed by atoms with Crippen LogP contribution in [0.15, 0.2) is 60.7 Å². The van der Waals surface area contributed by atoms with Gasteiger partial charge in [0.05, 0.1) is 0 Å². The molecule has 0 atom stereocenters. The first-order valence-electron chi connectivity index (χ1n) is 7.32. The molecule has 1 fully saturated rings. The van der Waals surface area contributed by atoms with Crippen molar-refractivity contribution in [1.82, 2.24) is 4.58 Å². The van der Waals surface area contributed by atoms with Crippen molar-refractivity contribution in [3.63, 3.8) is 0 Å². The number of nitrogens with zero attached hydrogens (tertiary/aromatic N) is 1. The van der Waals surface area contributed by atoms with Crippen molar-refractivity contribution >= 4 is 17.1 Å². The van der Waals surface area contributed by atoms with Crippen LogP contribution in [0.1, 0.15) is 25.7 Å². The van der Waals surface area contributed by atoms with Gasteiger partial charge in [0.1, 0.15) is 0 Å². The van der Waals surface area contributed by atoms with E-state index in [0.717, 1.165) is 0 Å². The van der Waals surface area contributed by atoms with Crippen molar-refractivity contribution in [2.45, 2.75) is 25.7 Å². The Bertz CT molecular complexity index is 583. The third-order valence-electron chi connectivity index (χ3n) is 3.53. The van der Waals surface area contributed by atoms with Crippen LogP contribution in [0.3, 0.4) is 0 Å². The molecule has 23 heavy (non-hydrogen) atoms. The first-order chi connectivity index (χ1) is 10.9. The number of hydrogen-bond acceptors (Lipinski definition) is 4. The fourth-order valence-electron chi connectivity index (χ4n) is 2.68. The molecule has 0 amide bonds. The quantitative estimate of drug-likeness (QED) is 0.709. The lowest BCUT2D eigenvalue weighted by atomic mass is 10.2. The van der Waals surface area contributed by atoms with E-state index in [-0.39, 0.29) is 0 Å². The molecule has 3 rings (SSSR count). The molecule has 0 radical (unpaired) electrons. The number of halogens is 1. The topological polar surface area (TPSA) is 95.2 Å². The molecule has 0 spiro atoms. The molecule has 0 aliphatic heterocycles. The van der Waals surface area contributed by atoms with Crippen molar-refractivity contribution < 1.29 is 28.9 Å². The van der Waals surface area contributed by atoms with E-state index in [0.29, 0.717) is 0 Å². The van der Waals surface area contributed by atoms with E-state index >= 15 is 0 Å². The van der Waals surface area contributed by atoms with Crippen molar-refractivity contribution in [2.75, 3.05) is 0 Å². The Balaban J connectivity index is 0.000000338. The predicted octanol–water partition coefficient (Wildman–Crippen LogP) is -0.220. The molecule has 5 nitrogen and oxygen atoms in total. The van der Waals surface area contributed by atoms with Crippen LogP contribution in [0.2, 0.25) is 0 Å². The normalized spacial score (nSPS) is 14.2. The molecule has 1 aliphatic rings. The highest BCUT2D eigenvalue weighted by atomic mass is 35.7. The minimum atomic E-state index is -4.94. The maximum atomic E-state index is 8.49. The van der Waals surface area contributed by atoms with Gasteiger partial charge in [0, 0.05) is 37.1 Å². The lowest BCUT2D eigenvalue weighted by Gasteiger charge is -2.17. The first kappa shape index (κ1) is 17.6. The second-order valence-electron chi connectivity index (χ2n) is 5.16. The average Bonchev–Trinajstić information content (AvgIpc) is 3.02. The Kier molecular flexibility index (Phi) is 6.27. The molecule has 0 bridgehead atoms. The Hall–Kier alpha value is -1.76. The molecule has 2 aromatic rings. The predicted molar refractivity (Wildman–Crippen MR) is 77.8 cm³/mol. The van der Waals surface area contributed by atoms with Gasteiger partial charge < -0.3 is 0 Å². The zero-order valence-corrected chi connectivity index (χ0v) is 13.3. The highest BCUT2D eigenvalue weighted by Gasteiger charge is 2.23. The minimum Gasteiger partial charge on any atom is -0.222 e. The molecule has 1 saturated carbocycles. The Labute approximate surface area is 137 Å². The molecular formula is C17H18ClNO4. The van der Waals surface area contributed by atoms with Crippen molar-refractivity contribution in [1.29, 1.82) is 0 Å². The third-order valence-corrected chi connectivity index (χ3v) is 3.53. The Morgan fingerprint density at radius 1 is 0.652 bits per heavy atom. The second-order valence-corrected chi connectivity index (χ2v) is 5.91. The fraction of sp³-hybridized carbons (Fsp3) is 0.235. The molecule has 0 aromatic heterocycles. The van der Waals surface area contributed by atoms with E-state index < -0.39 is 10.2 Å². The SMILES string of the molecule is [O-][Cl+3]([O-])([O-])[O-].c1ccc([N+](=C2CCCC2)c2ccccc2)cc1. The third kappa shape index (κ3) is 6.09. The number of rotatable bonds is 2. The van der Waals surface area contributed by atoms with Gasteiger partial charge in [-0.15, -0.1) is 10.2 Å². The van der Waals surface area contributed by atoms with Gasteiger partial charge in [-0.2, -0.15) is 4.58 Å². The van der Waals surface area contributed by atoms with Gasteiger partial charge >= 0.3 is 0 Å². The molecule has 0 saturated heterocycles. The van der Waals surface area contributed by atoms with E-state index in [2.05, 4.69) is 65.2 Å². The van der Waals surface area contributed by atoms with Gasteiger partial charge in [0.15, 0.2) is 5.71 Å². The Morgan fingerprint density at radius 2 is 1.00 bits per heavy atom. The van der Waals surface area contributed by atoms with Crippen LogP contribution in [0, 0.1) is 10.2 Å². The molecular weight excluding hydrogens is 318 g/mol. The van der Waals surface area contributed by atoms with Gasteiger partial charge in [-0.05, 0) is 12.8 Å². The second kappa shape index (κ2) is 8.19. The van der Waals surface area contributed by atoms with Crippen LogP contribution < -0.4 is 23.2 Å². The molecule has 6 heteroatoms. The summed E-state index contributed by atoms with van der Waals surface area (Å²) in [5.74, 6) is 0. The zero-order valence-electron chi connectivity index (χ0n) is 12.6. The van der Waals surface area contributed by atoms with Gasteiger partial charge in [0.2, 0.25) is 11.4 Å². The van der Waals surface area contributed by atoms with E-state index in [1.54, 1.807) is 5.71 Å². The average molecular weight is 336 g/mol. The molecule has 0 unspecified atom stereocenters. The number of hydrogen-bond donors (Lipinski definition) is 0. The lowest BCUT2D eigenvalue weighted by molar-refractivity contribution is -2.00. The van der Waals surface area contributed by atoms with E-state index in [1.807, 2.05) is 0 Å². The van der Waals surface area contributed by atoms with E-state index in [9.17, 15) is 0 Å². The van der Waals surface area contributed by atoms with Crippen LogP contribution in [0.5, 0.6) is 0 Å². The fourth-order valence-corrected chi connectivity index (χ4v) is 2.68. The summed E-state index contributed by atoms with van der Waals surface area (Å²) < 4.78 is 36.4. The number of para-hydroxylation sites is 2. The summed E-state index contributed by atoms with van der Waals surface area (Å²) in [6, 6.07) is 21.4. The summed E-state index contributed by atoms with van der Waals surface area (Å²) in [6.45, 7) is 0. The molecule has 0 heterocycles. The van der Waals surface area contributed by atoms with Crippen LogP contribution in [0.4, 0.5) is 11.4 Å². The van der Waals surface area contributed by atoms with E-state index in [4.69, 9.17) is 18.6 Å². The zero-order chi connectivity index (χ0) is 16.7.